The van der Waals surface area contributed by atoms with E-state index >= 15 is 0 Å². The van der Waals surface area contributed by atoms with E-state index in [1.54, 1.807) is 6.20 Å². The van der Waals surface area contributed by atoms with Crippen LogP contribution in [-0.2, 0) is 11.2 Å². The van der Waals surface area contributed by atoms with Crippen LogP contribution in [0, 0.1) is 0 Å². The van der Waals surface area contributed by atoms with Gasteiger partial charge in [0.2, 0.25) is 5.91 Å². The fourth-order valence-electron chi connectivity index (χ4n) is 0.797. The van der Waals surface area contributed by atoms with Gasteiger partial charge >= 0.3 is 0 Å². The Kier molecular flexibility index (Phi) is 2.66. The molecule has 1 heterocycles. The SMILES string of the molecule is CC(=O)NCCc1ccn[nH]1. The minimum Gasteiger partial charge on any atom is -0.356 e. The van der Waals surface area contributed by atoms with E-state index in [0.29, 0.717) is 6.54 Å². The lowest BCUT2D eigenvalue weighted by atomic mass is 10.3. The third-order valence-corrected chi connectivity index (χ3v) is 1.33. The number of carbonyl (C=O) groups excluding carboxylic acids is 1. The maximum absolute atomic E-state index is 10.4. The number of carbonyl (C=O) groups is 1. The molecule has 0 radical (unpaired) electrons. The Morgan fingerprint density at radius 2 is 2.64 bits per heavy atom. The average molecular weight is 153 g/mol. The normalized spacial score (nSPS) is 9.55. The van der Waals surface area contributed by atoms with E-state index in [0.717, 1.165) is 12.1 Å². The van der Waals surface area contributed by atoms with Crippen molar-refractivity contribution >= 4 is 5.91 Å². The Morgan fingerprint density at radius 3 is 3.18 bits per heavy atom. The highest BCUT2D eigenvalue weighted by Crippen LogP contribution is 1.90. The summed E-state index contributed by atoms with van der Waals surface area (Å²) < 4.78 is 0. The summed E-state index contributed by atoms with van der Waals surface area (Å²) in [6.45, 7) is 2.17. The molecular formula is C7H11N3O. The summed E-state index contributed by atoms with van der Waals surface area (Å²) in [5, 5.41) is 9.29. The van der Waals surface area contributed by atoms with Crippen molar-refractivity contribution in [2.24, 2.45) is 0 Å². The number of amides is 1. The highest BCUT2D eigenvalue weighted by molar-refractivity contribution is 5.72. The molecule has 1 aromatic heterocycles. The molecule has 0 unspecified atom stereocenters. The minimum atomic E-state index is 0.00418. The number of rotatable bonds is 3. The van der Waals surface area contributed by atoms with Crippen molar-refractivity contribution in [1.29, 1.82) is 0 Å². The highest BCUT2D eigenvalue weighted by atomic mass is 16.1. The number of hydrogen-bond donors (Lipinski definition) is 2. The van der Waals surface area contributed by atoms with Gasteiger partial charge in [-0.1, -0.05) is 0 Å². The van der Waals surface area contributed by atoms with E-state index in [1.165, 1.54) is 6.92 Å². The highest BCUT2D eigenvalue weighted by Gasteiger charge is 1.93. The van der Waals surface area contributed by atoms with Crippen molar-refractivity contribution in [2.75, 3.05) is 6.54 Å². The molecule has 4 nitrogen and oxygen atoms in total. The third kappa shape index (κ3) is 2.84. The zero-order valence-electron chi connectivity index (χ0n) is 6.42. The molecule has 1 aromatic rings. The maximum Gasteiger partial charge on any atom is 0.216 e. The van der Waals surface area contributed by atoms with Crippen molar-refractivity contribution in [3.63, 3.8) is 0 Å². The Labute approximate surface area is 65.0 Å². The second-order valence-corrected chi connectivity index (χ2v) is 2.31. The summed E-state index contributed by atoms with van der Waals surface area (Å²) in [5.41, 5.74) is 1.04. The first-order chi connectivity index (χ1) is 5.29. The summed E-state index contributed by atoms with van der Waals surface area (Å²) in [6, 6.07) is 1.89. The largest absolute Gasteiger partial charge is 0.356 e. The van der Waals surface area contributed by atoms with Gasteiger partial charge in [-0.05, 0) is 6.07 Å². The predicted octanol–water partition coefficient (Wildman–Crippen LogP) is 0.0883. The van der Waals surface area contributed by atoms with Gasteiger partial charge in [0.1, 0.15) is 0 Å². The van der Waals surface area contributed by atoms with E-state index in [9.17, 15) is 4.79 Å². The van der Waals surface area contributed by atoms with Gasteiger partial charge in [0, 0.05) is 31.8 Å². The molecule has 0 aromatic carbocycles. The van der Waals surface area contributed by atoms with Crippen molar-refractivity contribution in [2.45, 2.75) is 13.3 Å². The lowest BCUT2D eigenvalue weighted by molar-refractivity contribution is -0.118. The Bertz CT molecular complexity index is 218. The quantitative estimate of drug-likeness (QED) is 0.646. The van der Waals surface area contributed by atoms with Gasteiger partial charge in [0.05, 0.1) is 0 Å². The molecule has 2 N–H and O–H groups in total. The lowest BCUT2D eigenvalue weighted by Crippen LogP contribution is -2.22. The van der Waals surface area contributed by atoms with Gasteiger partial charge in [-0.15, -0.1) is 0 Å². The van der Waals surface area contributed by atoms with E-state index < -0.39 is 0 Å². The van der Waals surface area contributed by atoms with Crippen LogP contribution in [0.4, 0.5) is 0 Å². The van der Waals surface area contributed by atoms with Crippen LogP contribution in [0.2, 0.25) is 0 Å². The monoisotopic (exact) mass is 153 g/mol. The second-order valence-electron chi connectivity index (χ2n) is 2.31. The summed E-state index contributed by atoms with van der Waals surface area (Å²) in [5.74, 6) is 0.00418. The molecule has 0 spiro atoms. The van der Waals surface area contributed by atoms with Crippen LogP contribution >= 0.6 is 0 Å². The molecule has 0 aliphatic rings. The molecule has 0 bridgehead atoms. The van der Waals surface area contributed by atoms with E-state index in [1.807, 2.05) is 6.07 Å². The molecule has 0 aliphatic heterocycles. The van der Waals surface area contributed by atoms with Crippen LogP contribution in [-0.4, -0.2) is 22.6 Å². The summed E-state index contributed by atoms with van der Waals surface area (Å²) in [6.07, 6.45) is 2.50. The van der Waals surface area contributed by atoms with Gasteiger partial charge in [-0.2, -0.15) is 5.10 Å². The number of hydrogen-bond acceptors (Lipinski definition) is 2. The number of nitrogens with zero attached hydrogens (tertiary/aromatic N) is 1. The van der Waals surface area contributed by atoms with Crippen molar-refractivity contribution in [1.82, 2.24) is 15.5 Å². The van der Waals surface area contributed by atoms with Crippen LogP contribution in [0.5, 0.6) is 0 Å². The van der Waals surface area contributed by atoms with Crippen molar-refractivity contribution < 1.29 is 4.79 Å². The predicted molar refractivity (Wildman–Crippen MR) is 41.0 cm³/mol. The first-order valence-corrected chi connectivity index (χ1v) is 3.52. The maximum atomic E-state index is 10.4. The summed E-state index contributed by atoms with van der Waals surface area (Å²) in [7, 11) is 0. The smallest absolute Gasteiger partial charge is 0.216 e. The summed E-state index contributed by atoms with van der Waals surface area (Å²) in [4.78, 5) is 10.4. The number of nitrogens with one attached hydrogen (secondary N) is 2. The molecule has 0 saturated carbocycles. The topological polar surface area (TPSA) is 57.8 Å². The second kappa shape index (κ2) is 3.75. The molecule has 1 rings (SSSR count). The standard InChI is InChI=1S/C7H11N3O/c1-6(11)8-4-2-7-3-5-9-10-7/h3,5H,2,4H2,1H3,(H,8,11)(H,9,10). The van der Waals surface area contributed by atoms with E-state index in [4.69, 9.17) is 0 Å². The molecular weight excluding hydrogens is 142 g/mol. The summed E-state index contributed by atoms with van der Waals surface area (Å²) >= 11 is 0. The van der Waals surface area contributed by atoms with Gasteiger partial charge in [0.25, 0.3) is 0 Å². The molecule has 11 heavy (non-hydrogen) atoms. The van der Waals surface area contributed by atoms with Crippen LogP contribution in [0.3, 0.4) is 0 Å². The fraction of sp³-hybridized carbons (Fsp3) is 0.429. The van der Waals surface area contributed by atoms with Crippen LogP contribution in [0.1, 0.15) is 12.6 Å². The molecule has 0 fully saturated rings. The Balaban J connectivity index is 2.19. The van der Waals surface area contributed by atoms with Gasteiger partial charge in [0.15, 0.2) is 0 Å². The Hall–Kier alpha value is -1.32. The Morgan fingerprint density at radius 1 is 1.82 bits per heavy atom. The van der Waals surface area contributed by atoms with E-state index in [-0.39, 0.29) is 5.91 Å². The average Bonchev–Trinajstić information content (AvgIpc) is 2.39. The zero-order chi connectivity index (χ0) is 8.10. The fourth-order valence-corrected chi connectivity index (χ4v) is 0.797. The molecule has 1 amide bonds. The molecule has 0 saturated heterocycles. The molecule has 0 atom stereocenters. The van der Waals surface area contributed by atoms with Crippen molar-refractivity contribution in [3.05, 3.63) is 18.0 Å². The van der Waals surface area contributed by atoms with E-state index in [2.05, 4.69) is 15.5 Å². The number of aromatic nitrogens is 2. The zero-order valence-corrected chi connectivity index (χ0v) is 6.42. The number of H-pyrrole nitrogens is 1. The van der Waals surface area contributed by atoms with Crippen molar-refractivity contribution in [3.8, 4) is 0 Å². The van der Waals surface area contributed by atoms with Crippen LogP contribution in [0.25, 0.3) is 0 Å². The number of aromatic amines is 1. The lowest BCUT2D eigenvalue weighted by Gasteiger charge is -1.98. The van der Waals surface area contributed by atoms with Crippen LogP contribution < -0.4 is 5.32 Å². The molecule has 4 heteroatoms. The third-order valence-electron chi connectivity index (χ3n) is 1.33. The minimum absolute atomic E-state index is 0.00418. The van der Waals surface area contributed by atoms with Crippen LogP contribution in [0.15, 0.2) is 12.3 Å². The molecule has 0 aliphatic carbocycles. The van der Waals surface area contributed by atoms with Gasteiger partial charge in [-0.3, -0.25) is 9.89 Å². The first kappa shape index (κ1) is 7.78. The van der Waals surface area contributed by atoms with Gasteiger partial charge in [-0.25, -0.2) is 0 Å². The molecule has 60 valence electrons. The van der Waals surface area contributed by atoms with Gasteiger partial charge < -0.3 is 5.32 Å². The first-order valence-electron chi connectivity index (χ1n) is 3.52.